The summed E-state index contributed by atoms with van der Waals surface area (Å²) < 4.78 is 16.4. The molecule has 2 aromatic carbocycles. The van der Waals surface area contributed by atoms with Gasteiger partial charge in [0.2, 0.25) is 0 Å². The average Bonchev–Trinajstić information content (AvgIpc) is 3.10. The molecule has 0 saturated carbocycles. The van der Waals surface area contributed by atoms with Crippen molar-refractivity contribution in [1.82, 2.24) is 19.2 Å². The van der Waals surface area contributed by atoms with Crippen LogP contribution < -0.4 is 5.56 Å². The number of nitrogens with zero attached hydrogens (tertiary/aromatic N) is 4. The van der Waals surface area contributed by atoms with E-state index in [0.717, 1.165) is 11.3 Å². The van der Waals surface area contributed by atoms with Crippen molar-refractivity contribution in [2.24, 2.45) is 0 Å². The molecule has 0 saturated heterocycles. The first kappa shape index (κ1) is 15.6. The lowest BCUT2D eigenvalue weighted by atomic mass is 10.2. The third-order valence-electron chi connectivity index (χ3n) is 3.70. The van der Waals surface area contributed by atoms with E-state index in [0.29, 0.717) is 16.4 Å². The summed E-state index contributed by atoms with van der Waals surface area (Å²) in [5.41, 5.74) is 1.76. The molecular formula is C18H13FN4OS. The average molecular weight is 352 g/mol. The predicted octanol–water partition coefficient (Wildman–Crippen LogP) is 3.31. The van der Waals surface area contributed by atoms with Crippen LogP contribution in [0.5, 0.6) is 0 Å². The second-order valence-corrected chi connectivity index (χ2v) is 6.34. The lowest BCUT2D eigenvalue weighted by Gasteiger charge is -2.12. The summed E-state index contributed by atoms with van der Waals surface area (Å²) in [5.74, 6) is 0.216. The molecule has 0 radical (unpaired) electrons. The summed E-state index contributed by atoms with van der Waals surface area (Å²) in [4.78, 5) is 16.9. The van der Waals surface area contributed by atoms with Crippen molar-refractivity contribution >= 4 is 17.3 Å². The normalized spacial score (nSPS) is 11.1. The number of para-hydroxylation sites is 1. The number of fused-ring (bicyclic) bond motifs is 1. The summed E-state index contributed by atoms with van der Waals surface area (Å²) >= 11 is 1.37. The smallest absolute Gasteiger partial charge is 0.266 e. The minimum atomic E-state index is -0.281. The molecule has 25 heavy (non-hydrogen) atoms. The molecule has 0 N–H and O–H groups in total. The highest BCUT2D eigenvalue weighted by Gasteiger charge is 2.14. The van der Waals surface area contributed by atoms with Crippen LogP contribution in [-0.2, 0) is 5.75 Å². The maximum Gasteiger partial charge on any atom is 0.284 e. The molecule has 4 aromatic rings. The van der Waals surface area contributed by atoms with E-state index in [2.05, 4.69) is 10.1 Å². The third kappa shape index (κ3) is 3.06. The molecule has 0 bridgehead atoms. The second-order valence-electron chi connectivity index (χ2n) is 5.40. The van der Waals surface area contributed by atoms with Crippen molar-refractivity contribution in [3.8, 4) is 5.69 Å². The van der Waals surface area contributed by atoms with Crippen molar-refractivity contribution in [1.29, 1.82) is 0 Å². The Morgan fingerprint density at radius 1 is 1.08 bits per heavy atom. The van der Waals surface area contributed by atoms with Gasteiger partial charge in [0, 0.05) is 5.75 Å². The first-order chi connectivity index (χ1) is 12.2. The lowest BCUT2D eigenvalue weighted by molar-refractivity contribution is 0.626. The molecule has 0 fully saturated rings. The molecule has 7 heteroatoms. The highest BCUT2D eigenvalue weighted by atomic mass is 32.2. The second kappa shape index (κ2) is 6.52. The number of halogens is 1. The van der Waals surface area contributed by atoms with Gasteiger partial charge in [-0.05, 0) is 29.8 Å². The number of imidazole rings is 1. The van der Waals surface area contributed by atoms with Gasteiger partial charge in [0.1, 0.15) is 12.1 Å². The fourth-order valence-electron chi connectivity index (χ4n) is 2.53. The van der Waals surface area contributed by atoms with E-state index < -0.39 is 0 Å². The molecule has 124 valence electrons. The topological polar surface area (TPSA) is 52.2 Å². The molecule has 0 aliphatic heterocycles. The molecule has 0 atom stereocenters. The van der Waals surface area contributed by atoms with Crippen molar-refractivity contribution in [3.05, 3.63) is 88.9 Å². The standard InChI is InChI=1S/C18H13FN4OS/c19-14-6-4-5-13(9-14)11-25-18-21-22-12-20-10-16(22)17(24)23(18)15-7-2-1-3-8-15/h1-10,12H,11H2. The Balaban J connectivity index is 1.80. The van der Waals surface area contributed by atoms with Crippen LogP contribution in [0.3, 0.4) is 0 Å². The van der Waals surface area contributed by atoms with Gasteiger partial charge in [-0.15, -0.1) is 5.10 Å². The molecule has 0 spiro atoms. The van der Waals surface area contributed by atoms with Crippen LogP contribution in [0, 0.1) is 5.82 Å². The first-order valence-corrected chi connectivity index (χ1v) is 8.59. The molecule has 5 nitrogen and oxygen atoms in total. The van der Waals surface area contributed by atoms with E-state index in [1.807, 2.05) is 36.4 Å². The number of thioether (sulfide) groups is 1. The quantitative estimate of drug-likeness (QED) is 0.529. The zero-order valence-corrected chi connectivity index (χ0v) is 13.9. The van der Waals surface area contributed by atoms with Crippen LogP contribution in [0.25, 0.3) is 11.2 Å². The summed E-state index contributed by atoms with van der Waals surface area (Å²) in [5, 5.41) is 5.02. The highest BCUT2D eigenvalue weighted by Crippen LogP contribution is 2.23. The molecule has 0 unspecified atom stereocenters. The van der Waals surface area contributed by atoms with E-state index in [-0.39, 0.29) is 11.4 Å². The minimum Gasteiger partial charge on any atom is -0.266 e. The Hall–Kier alpha value is -2.93. The number of hydrogen-bond donors (Lipinski definition) is 0. The van der Waals surface area contributed by atoms with E-state index in [4.69, 9.17) is 0 Å². The van der Waals surface area contributed by atoms with E-state index in [1.54, 1.807) is 10.6 Å². The van der Waals surface area contributed by atoms with Crippen molar-refractivity contribution in [2.45, 2.75) is 10.9 Å². The van der Waals surface area contributed by atoms with Crippen molar-refractivity contribution < 1.29 is 4.39 Å². The van der Waals surface area contributed by atoms with Gasteiger partial charge in [0.15, 0.2) is 10.7 Å². The van der Waals surface area contributed by atoms with Crippen LogP contribution in [0.1, 0.15) is 5.56 Å². The van der Waals surface area contributed by atoms with Gasteiger partial charge in [-0.3, -0.25) is 9.36 Å². The van der Waals surface area contributed by atoms with Crippen LogP contribution in [0.15, 0.2) is 77.1 Å². The van der Waals surface area contributed by atoms with Crippen LogP contribution in [-0.4, -0.2) is 19.2 Å². The summed E-state index contributed by atoms with van der Waals surface area (Å²) in [7, 11) is 0. The Morgan fingerprint density at radius 2 is 1.92 bits per heavy atom. The largest absolute Gasteiger partial charge is 0.284 e. The monoisotopic (exact) mass is 352 g/mol. The predicted molar refractivity (Wildman–Crippen MR) is 94.5 cm³/mol. The Bertz CT molecular complexity index is 1090. The zero-order chi connectivity index (χ0) is 17.2. The van der Waals surface area contributed by atoms with Crippen LogP contribution in [0.4, 0.5) is 4.39 Å². The highest BCUT2D eigenvalue weighted by molar-refractivity contribution is 7.98. The molecule has 0 amide bonds. The Kier molecular flexibility index (Phi) is 4.07. The molecule has 4 rings (SSSR count). The first-order valence-electron chi connectivity index (χ1n) is 7.60. The van der Waals surface area contributed by atoms with Gasteiger partial charge in [0.25, 0.3) is 5.56 Å². The van der Waals surface area contributed by atoms with E-state index in [1.165, 1.54) is 40.9 Å². The molecule has 0 aliphatic rings. The van der Waals surface area contributed by atoms with Gasteiger partial charge < -0.3 is 0 Å². The Labute approximate surface area is 146 Å². The van der Waals surface area contributed by atoms with Gasteiger partial charge in [-0.25, -0.2) is 13.9 Å². The zero-order valence-electron chi connectivity index (χ0n) is 13.0. The van der Waals surface area contributed by atoms with E-state index >= 15 is 0 Å². The summed E-state index contributed by atoms with van der Waals surface area (Å²) in [6, 6.07) is 15.7. The van der Waals surface area contributed by atoms with Crippen molar-refractivity contribution in [2.75, 3.05) is 0 Å². The molecule has 0 aliphatic carbocycles. The molecule has 2 aromatic heterocycles. The van der Waals surface area contributed by atoms with Crippen molar-refractivity contribution in [3.63, 3.8) is 0 Å². The Morgan fingerprint density at radius 3 is 2.72 bits per heavy atom. The molecular weight excluding hydrogens is 339 g/mol. The van der Waals surface area contributed by atoms with Gasteiger partial charge >= 0.3 is 0 Å². The maximum absolute atomic E-state index is 13.4. The van der Waals surface area contributed by atoms with Crippen LogP contribution >= 0.6 is 11.8 Å². The fourth-order valence-corrected chi connectivity index (χ4v) is 3.47. The summed E-state index contributed by atoms with van der Waals surface area (Å²) in [6.45, 7) is 0. The summed E-state index contributed by atoms with van der Waals surface area (Å²) in [6.07, 6.45) is 2.99. The SMILES string of the molecule is O=c1c2cncn2nc(SCc2cccc(F)c2)n1-c1ccccc1. The number of benzene rings is 2. The lowest BCUT2D eigenvalue weighted by Crippen LogP contribution is -2.23. The van der Waals surface area contributed by atoms with E-state index in [9.17, 15) is 9.18 Å². The van der Waals surface area contributed by atoms with Gasteiger partial charge in [0.05, 0.1) is 11.9 Å². The maximum atomic E-state index is 13.4. The number of aromatic nitrogens is 4. The number of hydrogen-bond acceptors (Lipinski definition) is 4. The van der Waals surface area contributed by atoms with Gasteiger partial charge in [-0.2, -0.15) is 0 Å². The fraction of sp³-hybridized carbons (Fsp3) is 0.0556. The van der Waals surface area contributed by atoms with Crippen LogP contribution in [0.2, 0.25) is 0 Å². The molecule has 2 heterocycles. The minimum absolute atomic E-state index is 0.194. The number of rotatable bonds is 4. The van der Waals surface area contributed by atoms with Gasteiger partial charge in [-0.1, -0.05) is 42.1 Å². The third-order valence-corrected chi connectivity index (χ3v) is 4.70.